The summed E-state index contributed by atoms with van der Waals surface area (Å²) in [6.45, 7) is 0. The van der Waals surface area contributed by atoms with Crippen molar-refractivity contribution in [2.75, 3.05) is 5.32 Å². The lowest BCUT2D eigenvalue weighted by atomic mass is 10.1. The zero-order chi connectivity index (χ0) is 15.1. The second-order valence-corrected chi connectivity index (χ2v) is 6.22. The minimum Gasteiger partial charge on any atom is -0.339 e. The number of carbonyl (C=O) groups is 1. The van der Waals surface area contributed by atoms with Gasteiger partial charge in [-0.25, -0.2) is 0 Å². The average Bonchev–Trinajstić information content (AvgIpc) is 3.10. The van der Waals surface area contributed by atoms with E-state index in [2.05, 4.69) is 11.4 Å². The molecule has 0 saturated carbocycles. The first-order chi connectivity index (χ1) is 10.7. The Bertz CT molecular complexity index is 997. The topological polar surface area (TPSA) is 34.0 Å². The number of nitrogens with zero attached hydrogens (tertiary/aromatic N) is 1. The van der Waals surface area contributed by atoms with Crippen molar-refractivity contribution < 1.29 is 4.79 Å². The molecule has 4 heteroatoms. The van der Waals surface area contributed by atoms with Crippen molar-refractivity contribution in [3.63, 3.8) is 0 Å². The third-order valence-electron chi connectivity index (χ3n) is 3.90. The number of aromatic nitrogens is 1. The molecular weight excluding hydrogens is 292 g/mol. The minimum atomic E-state index is -0.0822. The summed E-state index contributed by atoms with van der Waals surface area (Å²) < 4.78 is 3.06. The third-order valence-corrected chi connectivity index (χ3v) is 4.76. The Morgan fingerprint density at radius 1 is 1.05 bits per heavy atom. The standard InChI is InChI=1S/C18H14N2OS/c1-20-15-8-9-22-17(15)11-16(20)18(21)19-14-7-6-12-4-2-3-5-13(12)10-14/h2-11H,1H3,(H,19,21). The number of hydrogen-bond acceptors (Lipinski definition) is 2. The summed E-state index contributed by atoms with van der Waals surface area (Å²) >= 11 is 1.65. The molecular formula is C18H14N2OS. The van der Waals surface area contributed by atoms with Gasteiger partial charge in [-0.05, 0) is 40.4 Å². The zero-order valence-electron chi connectivity index (χ0n) is 12.0. The van der Waals surface area contributed by atoms with Crippen molar-refractivity contribution in [1.29, 1.82) is 0 Å². The summed E-state index contributed by atoms with van der Waals surface area (Å²) in [6, 6.07) is 18.0. The number of carbonyl (C=O) groups excluding carboxylic acids is 1. The minimum absolute atomic E-state index is 0.0822. The van der Waals surface area contributed by atoms with Crippen molar-refractivity contribution in [2.45, 2.75) is 0 Å². The van der Waals surface area contributed by atoms with Crippen LogP contribution in [-0.2, 0) is 7.05 Å². The van der Waals surface area contributed by atoms with Crippen molar-refractivity contribution >= 4 is 43.9 Å². The van der Waals surface area contributed by atoms with E-state index in [0.717, 1.165) is 21.3 Å². The molecule has 2 aromatic carbocycles. The van der Waals surface area contributed by atoms with Gasteiger partial charge in [-0.3, -0.25) is 4.79 Å². The lowest BCUT2D eigenvalue weighted by Gasteiger charge is -2.07. The molecule has 4 aromatic rings. The quantitative estimate of drug-likeness (QED) is 0.575. The second-order valence-electron chi connectivity index (χ2n) is 5.27. The van der Waals surface area contributed by atoms with Gasteiger partial charge in [0, 0.05) is 12.7 Å². The van der Waals surface area contributed by atoms with E-state index in [1.807, 2.05) is 65.5 Å². The summed E-state index contributed by atoms with van der Waals surface area (Å²) in [5.41, 5.74) is 2.58. The molecule has 108 valence electrons. The first-order valence-corrected chi connectivity index (χ1v) is 7.93. The van der Waals surface area contributed by atoms with E-state index in [1.54, 1.807) is 11.3 Å². The lowest BCUT2D eigenvalue weighted by Crippen LogP contribution is -2.15. The van der Waals surface area contributed by atoms with Crippen molar-refractivity contribution in [1.82, 2.24) is 4.57 Å². The van der Waals surface area contributed by atoms with Crippen LogP contribution in [0.3, 0.4) is 0 Å². The number of aryl methyl sites for hydroxylation is 1. The molecule has 4 rings (SSSR count). The van der Waals surface area contributed by atoms with E-state index in [9.17, 15) is 4.79 Å². The number of amides is 1. The van der Waals surface area contributed by atoms with Crippen LogP contribution in [0.5, 0.6) is 0 Å². The summed E-state index contributed by atoms with van der Waals surface area (Å²) in [5, 5.41) is 7.31. The highest BCUT2D eigenvalue weighted by atomic mass is 32.1. The van der Waals surface area contributed by atoms with Gasteiger partial charge in [0.2, 0.25) is 0 Å². The fraction of sp³-hybridized carbons (Fsp3) is 0.0556. The molecule has 0 spiro atoms. The molecule has 0 aliphatic carbocycles. The van der Waals surface area contributed by atoms with Gasteiger partial charge in [0.25, 0.3) is 5.91 Å². The van der Waals surface area contributed by atoms with Gasteiger partial charge in [0.1, 0.15) is 5.69 Å². The van der Waals surface area contributed by atoms with Gasteiger partial charge in [-0.1, -0.05) is 30.3 Å². The van der Waals surface area contributed by atoms with Crippen molar-refractivity contribution in [2.24, 2.45) is 7.05 Å². The molecule has 0 unspecified atom stereocenters. The van der Waals surface area contributed by atoms with E-state index in [-0.39, 0.29) is 5.91 Å². The van der Waals surface area contributed by atoms with Crippen LogP contribution in [0.4, 0.5) is 5.69 Å². The Hall–Kier alpha value is -2.59. The van der Waals surface area contributed by atoms with Crippen LogP contribution in [0.15, 0.2) is 60.0 Å². The SMILES string of the molecule is Cn1c(C(=O)Nc2ccc3ccccc3c2)cc2sccc21. The highest BCUT2D eigenvalue weighted by Gasteiger charge is 2.14. The lowest BCUT2D eigenvalue weighted by molar-refractivity contribution is 0.102. The predicted molar refractivity (Wildman–Crippen MR) is 92.7 cm³/mol. The van der Waals surface area contributed by atoms with E-state index in [0.29, 0.717) is 5.69 Å². The van der Waals surface area contributed by atoms with Crippen LogP contribution in [0.25, 0.3) is 21.0 Å². The average molecular weight is 306 g/mol. The second kappa shape index (κ2) is 5.00. The van der Waals surface area contributed by atoms with Gasteiger partial charge in [-0.15, -0.1) is 11.3 Å². The fourth-order valence-corrected chi connectivity index (χ4v) is 3.58. The largest absolute Gasteiger partial charge is 0.339 e. The number of hydrogen-bond donors (Lipinski definition) is 1. The summed E-state index contributed by atoms with van der Waals surface area (Å²) in [5.74, 6) is -0.0822. The highest BCUT2D eigenvalue weighted by molar-refractivity contribution is 7.17. The normalized spacial score (nSPS) is 11.1. The number of fused-ring (bicyclic) bond motifs is 2. The molecule has 0 bridgehead atoms. The van der Waals surface area contributed by atoms with Gasteiger partial charge >= 0.3 is 0 Å². The first kappa shape index (κ1) is 13.1. The predicted octanol–water partition coefficient (Wildman–Crippen LogP) is 4.65. The molecule has 3 nitrogen and oxygen atoms in total. The number of benzene rings is 2. The van der Waals surface area contributed by atoms with E-state index in [4.69, 9.17) is 0 Å². The molecule has 22 heavy (non-hydrogen) atoms. The molecule has 2 heterocycles. The Morgan fingerprint density at radius 3 is 2.68 bits per heavy atom. The van der Waals surface area contributed by atoms with Gasteiger partial charge in [0.15, 0.2) is 0 Å². The van der Waals surface area contributed by atoms with Crippen LogP contribution >= 0.6 is 11.3 Å². The molecule has 0 atom stereocenters. The van der Waals surface area contributed by atoms with E-state index >= 15 is 0 Å². The first-order valence-electron chi connectivity index (χ1n) is 7.05. The molecule has 0 saturated heterocycles. The number of rotatable bonds is 2. The monoisotopic (exact) mass is 306 g/mol. The Balaban J connectivity index is 1.67. The maximum atomic E-state index is 12.5. The van der Waals surface area contributed by atoms with Gasteiger partial charge in [-0.2, -0.15) is 0 Å². The summed E-state index contributed by atoms with van der Waals surface area (Å²) in [4.78, 5) is 12.5. The van der Waals surface area contributed by atoms with Crippen LogP contribution in [-0.4, -0.2) is 10.5 Å². The molecule has 0 radical (unpaired) electrons. The van der Waals surface area contributed by atoms with Crippen LogP contribution in [0, 0.1) is 0 Å². The summed E-state index contributed by atoms with van der Waals surface area (Å²) in [6.07, 6.45) is 0. The Labute approximate surface area is 131 Å². The molecule has 0 aliphatic rings. The molecule has 0 aliphatic heterocycles. The van der Waals surface area contributed by atoms with Crippen LogP contribution in [0.1, 0.15) is 10.5 Å². The van der Waals surface area contributed by atoms with E-state index in [1.165, 1.54) is 5.39 Å². The van der Waals surface area contributed by atoms with Crippen LogP contribution < -0.4 is 5.32 Å². The number of nitrogens with one attached hydrogen (secondary N) is 1. The molecule has 1 N–H and O–H groups in total. The van der Waals surface area contributed by atoms with Gasteiger partial charge in [0.05, 0.1) is 10.2 Å². The molecule has 1 amide bonds. The smallest absolute Gasteiger partial charge is 0.272 e. The maximum Gasteiger partial charge on any atom is 0.272 e. The Kier molecular flexibility index (Phi) is 2.98. The number of thiophene rings is 1. The summed E-state index contributed by atoms with van der Waals surface area (Å²) in [7, 11) is 1.92. The number of anilines is 1. The maximum absolute atomic E-state index is 12.5. The highest BCUT2D eigenvalue weighted by Crippen LogP contribution is 2.25. The van der Waals surface area contributed by atoms with Crippen molar-refractivity contribution in [3.8, 4) is 0 Å². The third kappa shape index (κ3) is 2.09. The van der Waals surface area contributed by atoms with Crippen LogP contribution in [0.2, 0.25) is 0 Å². The zero-order valence-corrected chi connectivity index (χ0v) is 12.9. The molecule has 0 fully saturated rings. The van der Waals surface area contributed by atoms with Gasteiger partial charge < -0.3 is 9.88 Å². The van der Waals surface area contributed by atoms with E-state index < -0.39 is 0 Å². The fourth-order valence-electron chi connectivity index (χ4n) is 2.73. The Morgan fingerprint density at radius 2 is 1.86 bits per heavy atom. The molecule has 2 aromatic heterocycles. The van der Waals surface area contributed by atoms with Crippen molar-refractivity contribution in [3.05, 3.63) is 65.7 Å².